The van der Waals surface area contributed by atoms with Crippen molar-refractivity contribution in [2.45, 2.75) is 13.2 Å². The van der Waals surface area contributed by atoms with E-state index in [1.165, 1.54) is 37.4 Å². The first-order valence-electron chi connectivity index (χ1n) is 9.98. The molecule has 3 aromatic carbocycles. The lowest BCUT2D eigenvalue weighted by atomic mass is 10.1. The van der Waals surface area contributed by atoms with Crippen molar-refractivity contribution in [3.63, 3.8) is 0 Å². The van der Waals surface area contributed by atoms with E-state index in [1.807, 2.05) is 0 Å². The Morgan fingerprint density at radius 2 is 1.73 bits per heavy atom. The Morgan fingerprint density at radius 1 is 0.970 bits per heavy atom. The number of halogens is 2. The van der Waals surface area contributed by atoms with Crippen LogP contribution in [0.3, 0.4) is 0 Å². The molecular formula is C25H19F2NO4S. The largest absolute Gasteiger partial charge is 0.493 e. The number of amides is 2. The zero-order chi connectivity index (χ0) is 23.4. The summed E-state index contributed by atoms with van der Waals surface area (Å²) in [6, 6.07) is 17.0. The summed E-state index contributed by atoms with van der Waals surface area (Å²) in [7, 11) is 1.48. The van der Waals surface area contributed by atoms with Crippen LogP contribution in [-0.4, -0.2) is 23.2 Å². The van der Waals surface area contributed by atoms with Crippen LogP contribution in [0.5, 0.6) is 11.5 Å². The van der Waals surface area contributed by atoms with Crippen molar-refractivity contribution in [2.75, 3.05) is 7.11 Å². The van der Waals surface area contributed by atoms with E-state index < -0.39 is 11.1 Å². The maximum absolute atomic E-state index is 13.8. The summed E-state index contributed by atoms with van der Waals surface area (Å²) in [5.41, 5.74) is 1.70. The van der Waals surface area contributed by atoms with Crippen LogP contribution in [0.15, 0.2) is 71.6 Å². The molecule has 1 aliphatic heterocycles. The molecule has 33 heavy (non-hydrogen) atoms. The molecule has 3 aromatic rings. The Balaban J connectivity index is 1.49. The van der Waals surface area contributed by atoms with Gasteiger partial charge in [-0.1, -0.05) is 36.4 Å². The van der Waals surface area contributed by atoms with Crippen molar-refractivity contribution in [3.05, 3.63) is 100.0 Å². The molecule has 0 aliphatic carbocycles. The molecule has 0 atom stereocenters. The first-order chi connectivity index (χ1) is 15.9. The fourth-order valence-corrected chi connectivity index (χ4v) is 4.06. The second-order valence-corrected chi connectivity index (χ2v) is 8.18. The van der Waals surface area contributed by atoms with Crippen LogP contribution in [0.4, 0.5) is 13.6 Å². The lowest BCUT2D eigenvalue weighted by Gasteiger charge is -2.12. The zero-order valence-corrected chi connectivity index (χ0v) is 18.4. The normalized spacial score (nSPS) is 14.8. The fourth-order valence-electron chi connectivity index (χ4n) is 3.22. The summed E-state index contributed by atoms with van der Waals surface area (Å²) in [6.07, 6.45) is 1.60. The highest BCUT2D eigenvalue weighted by Gasteiger charge is 2.35. The minimum Gasteiger partial charge on any atom is -0.493 e. The van der Waals surface area contributed by atoms with Gasteiger partial charge < -0.3 is 9.47 Å². The van der Waals surface area contributed by atoms with Crippen molar-refractivity contribution in [2.24, 2.45) is 0 Å². The average Bonchev–Trinajstić information content (AvgIpc) is 3.07. The van der Waals surface area contributed by atoms with Crippen LogP contribution < -0.4 is 9.47 Å². The highest BCUT2D eigenvalue weighted by atomic mass is 32.2. The third-order valence-electron chi connectivity index (χ3n) is 4.95. The number of carbonyl (C=O) groups is 2. The van der Waals surface area contributed by atoms with Gasteiger partial charge >= 0.3 is 0 Å². The molecule has 8 heteroatoms. The first-order valence-corrected chi connectivity index (χ1v) is 10.8. The number of carbonyl (C=O) groups excluding carboxylic acids is 2. The molecule has 4 rings (SSSR count). The maximum atomic E-state index is 13.8. The summed E-state index contributed by atoms with van der Waals surface area (Å²) in [4.78, 5) is 26.5. The van der Waals surface area contributed by atoms with E-state index in [0.717, 1.165) is 16.7 Å². The Hall–Kier alpha value is -3.65. The monoisotopic (exact) mass is 467 g/mol. The molecule has 0 aromatic heterocycles. The lowest BCUT2D eigenvalue weighted by Crippen LogP contribution is -2.27. The van der Waals surface area contributed by atoms with Gasteiger partial charge in [-0.15, -0.1) is 0 Å². The van der Waals surface area contributed by atoms with Crippen LogP contribution in [-0.2, 0) is 17.9 Å². The fraction of sp³-hybridized carbons (Fsp3) is 0.120. The number of hydrogen-bond donors (Lipinski definition) is 0. The Labute approximate surface area is 193 Å². The zero-order valence-electron chi connectivity index (χ0n) is 17.6. The predicted octanol–water partition coefficient (Wildman–Crippen LogP) is 5.79. The molecule has 1 aliphatic rings. The number of imide groups is 1. The van der Waals surface area contributed by atoms with Crippen LogP contribution in [0.25, 0.3) is 6.08 Å². The van der Waals surface area contributed by atoms with Gasteiger partial charge in [0.15, 0.2) is 11.5 Å². The third-order valence-corrected chi connectivity index (χ3v) is 5.86. The van der Waals surface area contributed by atoms with Gasteiger partial charge in [-0.3, -0.25) is 14.5 Å². The lowest BCUT2D eigenvalue weighted by molar-refractivity contribution is -0.123. The maximum Gasteiger partial charge on any atom is 0.293 e. The first kappa shape index (κ1) is 22.5. The van der Waals surface area contributed by atoms with Gasteiger partial charge in [-0.25, -0.2) is 8.78 Å². The highest BCUT2D eigenvalue weighted by Crippen LogP contribution is 2.35. The summed E-state index contributed by atoms with van der Waals surface area (Å²) in [5.74, 6) is -0.339. The summed E-state index contributed by atoms with van der Waals surface area (Å²) >= 11 is 0.837. The molecule has 0 N–H and O–H groups in total. The van der Waals surface area contributed by atoms with Crippen molar-refractivity contribution in [1.29, 1.82) is 0 Å². The second kappa shape index (κ2) is 9.87. The topological polar surface area (TPSA) is 55.8 Å². The number of nitrogens with zero attached hydrogens (tertiary/aromatic N) is 1. The summed E-state index contributed by atoms with van der Waals surface area (Å²) in [6.45, 7) is 0.0963. The minimum absolute atomic E-state index is 0.0324. The standard InChI is InChI=1S/C25H19F2NO4S/c1-31-22-12-17(8-11-21(22)32-15-18-4-2-3-5-20(18)27)13-23-24(29)28(25(30)33-23)14-16-6-9-19(26)10-7-16/h2-13H,14-15H2,1H3. The Morgan fingerprint density at radius 3 is 2.45 bits per heavy atom. The molecule has 0 spiro atoms. The van der Waals surface area contributed by atoms with Crippen LogP contribution >= 0.6 is 11.8 Å². The quantitative estimate of drug-likeness (QED) is 0.412. The van der Waals surface area contributed by atoms with Gasteiger partial charge in [0.25, 0.3) is 11.1 Å². The second-order valence-electron chi connectivity index (χ2n) is 7.18. The SMILES string of the molecule is COc1cc(C=C2SC(=O)N(Cc3ccc(F)cc3)C2=O)ccc1OCc1ccccc1F. The molecule has 1 fully saturated rings. The van der Waals surface area contributed by atoms with Gasteiger partial charge in [-0.2, -0.15) is 0 Å². The van der Waals surface area contributed by atoms with Gasteiger partial charge in [0.1, 0.15) is 18.2 Å². The van der Waals surface area contributed by atoms with E-state index >= 15 is 0 Å². The van der Waals surface area contributed by atoms with Crippen molar-refractivity contribution in [3.8, 4) is 11.5 Å². The van der Waals surface area contributed by atoms with E-state index in [1.54, 1.807) is 42.5 Å². The van der Waals surface area contributed by atoms with Crippen LogP contribution in [0, 0.1) is 11.6 Å². The van der Waals surface area contributed by atoms with E-state index in [2.05, 4.69) is 0 Å². The van der Waals surface area contributed by atoms with Crippen LogP contribution in [0.2, 0.25) is 0 Å². The van der Waals surface area contributed by atoms with Gasteiger partial charge in [-0.05, 0) is 59.3 Å². The number of ether oxygens (including phenoxy) is 2. The molecular weight excluding hydrogens is 448 g/mol. The van der Waals surface area contributed by atoms with E-state index in [9.17, 15) is 18.4 Å². The molecule has 0 saturated carbocycles. The molecule has 2 amide bonds. The molecule has 1 heterocycles. The summed E-state index contributed by atoms with van der Waals surface area (Å²) < 4.78 is 38.0. The van der Waals surface area contributed by atoms with Crippen molar-refractivity contribution < 1.29 is 27.8 Å². The molecule has 5 nitrogen and oxygen atoms in total. The number of thioether (sulfide) groups is 1. The molecule has 0 bridgehead atoms. The third kappa shape index (κ3) is 5.23. The van der Waals surface area contributed by atoms with Crippen molar-refractivity contribution >= 4 is 29.0 Å². The van der Waals surface area contributed by atoms with E-state index in [0.29, 0.717) is 28.2 Å². The Kier molecular flexibility index (Phi) is 6.74. The number of hydrogen-bond acceptors (Lipinski definition) is 5. The molecule has 1 saturated heterocycles. The minimum atomic E-state index is -0.423. The highest BCUT2D eigenvalue weighted by molar-refractivity contribution is 8.18. The molecule has 0 radical (unpaired) electrons. The summed E-state index contributed by atoms with van der Waals surface area (Å²) in [5, 5.41) is -0.396. The number of rotatable bonds is 7. The van der Waals surface area contributed by atoms with Crippen LogP contribution in [0.1, 0.15) is 16.7 Å². The van der Waals surface area contributed by atoms with Gasteiger partial charge in [0.2, 0.25) is 0 Å². The van der Waals surface area contributed by atoms with Gasteiger partial charge in [0, 0.05) is 5.56 Å². The average molecular weight is 467 g/mol. The predicted molar refractivity (Wildman–Crippen MR) is 122 cm³/mol. The molecule has 0 unspecified atom stereocenters. The number of benzene rings is 3. The smallest absolute Gasteiger partial charge is 0.293 e. The molecule has 168 valence electrons. The Bertz CT molecular complexity index is 1230. The van der Waals surface area contributed by atoms with E-state index in [-0.39, 0.29) is 29.7 Å². The van der Waals surface area contributed by atoms with E-state index in [4.69, 9.17) is 9.47 Å². The van der Waals surface area contributed by atoms with Crippen molar-refractivity contribution in [1.82, 2.24) is 4.90 Å². The number of methoxy groups -OCH3 is 1. The van der Waals surface area contributed by atoms with Gasteiger partial charge in [0.05, 0.1) is 18.6 Å².